The lowest BCUT2D eigenvalue weighted by Gasteiger charge is -2.37. The Morgan fingerprint density at radius 1 is 1.29 bits per heavy atom. The quantitative estimate of drug-likeness (QED) is 0.837. The minimum atomic E-state index is -4.06. The Kier molecular flexibility index (Phi) is 4.17. The van der Waals surface area contributed by atoms with Crippen molar-refractivity contribution in [1.29, 1.82) is 5.26 Å². The molecule has 1 fully saturated rings. The summed E-state index contributed by atoms with van der Waals surface area (Å²) in [5.74, 6) is -1.87. The van der Waals surface area contributed by atoms with Gasteiger partial charge in [-0.1, -0.05) is 0 Å². The molecule has 0 aliphatic carbocycles. The van der Waals surface area contributed by atoms with E-state index in [0.717, 1.165) is 16.4 Å². The number of aromatic nitrogens is 1. The first kappa shape index (κ1) is 16.3. The molecule has 1 aliphatic rings. The topological polar surface area (TPSA) is 83.3 Å². The smallest absolute Gasteiger partial charge is 0.246 e. The highest BCUT2D eigenvalue weighted by Crippen LogP contribution is 2.26. The van der Waals surface area contributed by atoms with Gasteiger partial charge in [-0.15, -0.1) is 0 Å². The summed E-state index contributed by atoms with van der Waals surface area (Å²) in [7, 11) is -4.06. The summed E-state index contributed by atoms with van der Waals surface area (Å²) in [6, 6.07) is 7.34. The van der Waals surface area contributed by atoms with E-state index in [1.54, 1.807) is 6.07 Å². The van der Waals surface area contributed by atoms with Crippen LogP contribution in [0, 0.1) is 23.0 Å². The van der Waals surface area contributed by atoms with Gasteiger partial charge in [0.25, 0.3) is 0 Å². The molecule has 6 nitrogen and oxygen atoms in total. The summed E-state index contributed by atoms with van der Waals surface area (Å²) in [6.45, 7) is -0.0266. The Morgan fingerprint density at radius 2 is 2.04 bits per heavy atom. The van der Waals surface area contributed by atoms with Crippen LogP contribution in [0.1, 0.15) is 5.56 Å². The van der Waals surface area contributed by atoms with Crippen LogP contribution in [0.15, 0.2) is 41.4 Å². The lowest BCUT2D eigenvalue weighted by Crippen LogP contribution is -2.56. The van der Waals surface area contributed by atoms with Crippen molar-refractivity contribution in [3.8, 4) is 11.9 Å². The van der Waals surface area contributed by atoms with Gasteiger partial charge in [-0.3, -0.25) is 0 Å². The van der Waals surface area contributed by atoms with E-state index in [0.29, 0.717) is 6.07 Å². The van der Waals surface area contributed by atoms with Crippen molar-refractivity contribution in [3.05, 3.63) is 53.7 Å². The van der Waals surface area contributed by atoms with E-state index < -0.39 is 32.7 Å². The van der Waals surface area contributed by atoms with Crippen LogP contribution >= 0.6 is 0 Å². The standard InChI is InChI=1S/C15H11F2N3O3S/c16-11-3-4-14(13(17)6-11)24(21,22)20-8-12(9-20)23-15-10(7-18)2-1-5-19-15/h1-6,12H,8-9H2. The van der Waals surface area contributed by atoms with Crippen LogP contribution in [0.2, 0.25) is 0 Å². The summed E-state index contributed by atoms with van der Waals surface area (Å²) in [5.41, 5.74) is 0.239. The van der Waals surface area contributed by atoms with E-state index >= 15 is 0 Å². The first-order valence-electron chi connectivity index (χ1n) is 6.89. The fourth-order valence-corrected chi connectivity index (χ4v) is 3.77. The average molecular weight is 351 g/mol. The van der Waals surface area contributed by atoms with Crippen LogP contribution in [-0.4, -0.2) is 36.9 Å². The number of halogens is 2. The molecule has 2 aromatic rings. The third-order valence-electron chi connectivity index (χ3n) is 3.50. The summed E-state index contributed by atoms with van der Waals surface area (Å²) < 4.78 is 57.7. The Hall–Kier alpha value is -2.57. The maximum Gasteiger partial charge on any atom is 0.246 e. The summed E-state index contributed by atoms with van der Waals surface area (Å²) in [5, 5.41) is 8.96. The molecule has 1 aromatic carbocycles. The van der Waals surface area contributed by atoms with Gasteiger partial charge in [0.2, 0.25) is 15.9 Å². The molecule has 2 heterocycles. The third kappa shape index (κ3) is 2.93. The number of pyridine rings is 1. The van der Waals surface area contributed by atoms with Crippen molar-refractivity contribution in [2.75, 3.05) is 13.1 Å². The molecular weight excluding hydrogens is 340 g/mol. The van der Waals surface area contributed by atoms with Gasteiger partial charge in [-0.05, 0) is 24.3 Å². The van der Waals surface area contributed by atoms with Crippen molar-refractivity contribution in [2.24, 2.45) is 0 Å². The zero-order valence-corrected chi connectivity index (χ0v) is 13.0. The second kappa shape index (κ2) is 6.14. The van der Waals surface area contributed by atoms with Gasteiger partial charge < -0.3 is 4.74 Å². The second-order valence-corrected chi connectivity index (χ2v) is 7.01. The molecule has 24 heavy (non-hydrogen) atoms. The zero-order valence-electron chi connectivity index (χ0n) is 12.2. The van der Waals surface area contributed by atoms with Crippen molar-refractivity contribution in [1.82, 2.24) is 9.29 Å². The highest BCUT2D eigenvalue weighted by Gasteiger charge is 2.39. The SMILES string of the molecule is N#Cc1cccnc1OC1CN(S(=O)(=O)c2ccc(F)cc2F)C1. The molecule has 9 heteroatoms. The number of benzene rings is 1. The number of ether oxygens (including phenoxy) is 1. The van der Waals surface area contributed by atoms with E-state index in [-0.39, 0.29) is 24.5 Å². The van der Waals surface area contributed by atoms with Gasteiger partial charge in [0.1, 0.15) is 34.3 Å². The maximum absolute atomic E-state index is 13.7. The van der Waals surface area contributed by atoms with Crippen LogP contribution in [0.3, 0.4) is 0 Å². The highest BCUT2D eigenvalue weighted by molar-refractivity contribution is 7.89. The zero-order chi connectivity index (χ0) is 17.3. The average Bonchev–Trinajstić information content (AvgIpc) is 2.50. The molecule has 0 spiro atoms. The van der Waals surface area contributed by atoms with Crippen LogP contribution in [-0.2, 0) is 10.0 Å². The van der Waals surface area contributed by atoms with Gasteiger partial charge in [0.05, 0.1) is 13.1 Å². The van der Waals surface area contributed by atoms with Crippen molar-refractivity contribution in [3.63, 3.8) is 0 Å². The van der Waals surface area contributed by atoms with Gasteiger partial charge >= 0.3 is 0 Å². The molecular formula is C15H11F2N3O3S. The number of hydrogen-bond acceptors (Lipinski definition) is 5. The third-order valence-corrected chi connectivity index (χ3v) is 5.36. The lowest BCUT2D eigenvalue weighted by molar-refractivity contribution is 0.0716. The normalized spacial score (nSPS) is 15.5. The molecule has 0 atom stereocenters. The molecule has 0 amide bonds. The number of rotatable bonds is 4. The summed E-state index contributed by atoms with van der Waals surface area (Å²) >= 11 is 0. The van der Waals surface area contributed by atoms with E-state index in [2.05, 4.69) is 4.98 Å². The molecule has 1 saturated heterocycles. The fraction of sp³-hybridized carbons (Fsp3) is 0.200. The monoisotopic (exact) mass is 351 g/mol. The Bertz CT molecular complexity index is 922. The van der Waals surface area contributed by atoms with Crippen LogP contribution in [0.25, 0.3) is 0 Å². The summed E-state index contributed by atoms with van der Waals surface area (Å²) in [6.07, 6.45) is 0.960. The largest absolute Gasteiger partial charge is 0.471 e. The Labute approximate surface area is 137 Å². The molecule has 0 bridgehead atoms. The van der Waals surface area contributed by atoms with Crippen molar-refractivity contribution >= 4 is 10.0 Å². The first-order valence-corrected chi connectivity index (χ1v) is 8.33. The van der Waals surface area contributed by atoms with Crippen molar-refractivity contribution < 1.29 is 21.9 Å². The predicted octanol–water partition coefficient (Wildman–Crippen LogP) is 1.68. The van der Waals surface area contributed by atoms with Crippen LogP contribution in [0.5, 0.6) is 5.88 Å². The number of sulfonamides is 1. The molecule has 124 valence electrons. The Morgan fingerprint density at radius 3 is 2.71 bits per heavy atom. The molecule has 0 radical (unpaired) electrons. The molecule has 0 saturated carbocycles. The number of nitrogens with zero attached hydrogens (tertiary/aromatic N) is 3. The fourth-order valence-electron chi connectivity index (χ4n) is 2.22. The van der Waals surface area contributed by atoms with E-state index in [4.69, 9.17) is 10.00 Å². The molecule has 3 rings (SSSR count). The second-order valence-electron chi connectivity index (χ2n) is 5.10. The van der Waals surface area contributed by atoms with E-state index in [9.17, 15) is 17.2 Å². The molecule has 1 aliphatic heterocycles. The minimum Gasteiger partial charge on any atom is -0.471 e. The lowest BCUT2D eigenvalue weighted by atomic mass is 10.2. The first-order chi connectivity index (χ1) is 11.4. The van der Waals surface area contributed by atoms with Gasteiger partial charge in [0, 0.05) is 12.3 Å². The number of nitriles is 1. The molecule has 0 unspecified atom stereocenters. The predicted molar refractivity (Wildman–Crippen MR) is 78.5 cm³/mol. The van der Waals surface area contributed by atoms with Crippen molar-refractivity contribution in [2.45, 2.75) is 11.0 Å². The van der Waals surface area contributed by atoms with E-state index in [1.165, 1.54) is 12.3 Å². The number of hydrogen-bond donors (Lipinski definition) is 0. The van der Waals surface area contributed by atoms with Gasteiger partial charge in [0.15, 0.2) is 0 Å². The molecule has 0 N–H and O–H groups in total. The Balaban J connectivity index is 1.71. The minimum absolute atomic E-state index is 0.0133. The maximum atomic E-state index is 13.7. The van der Waals surface area contributed by atoms with Gasteiger partial charge in [-0.25, -0.2) is 22.2 Å². The highest BCUT2D eigenvalue weighted by atomic mass is 32.2. The van der Waals surface area contributed by atoms with Crippen LogP contribution < -0.4 is 4.74 Å². The van der Waals surface area contributed by atoms with Crippen LogP contribution in [0.4, 0.5) is 8.78 Å². The van der Waals surface area contributed by atoms with E-state index in [1.807, 2.05) is 6.07 Å². The molecule has 1 aromatic heterocycles. The van der Waals surface area contributed by atoms with Gasteiger partial charge in [-0.2, -0.15) is 9.57 Å². The summed E-state index contributed by atoms with van der Waals surface area (Å²) in [4.78, 5) is 3.34.